The van der Waals surface area contributed by atoms with E-state index in [4.69, 9.17) is 5.11 Å². The maximum atomic E-state index is 10.5. The van der Waals surface area contributed by atoms with Crippen molar-refractivity contribution >= 4 is 17.3 Å². The number of rotatable bonds is 8. The summed E-state index contributed by atoms with van der Waals surface area (Å²) in [5.41, 5.74) is 1.20. The van der Waals surface area contributed by atoms with E-state index >= 15 is 0 Å². The largest absolute Gasteiger partial charge is 0.481 e. The first-order chi connectivity index (χ1) is 10.2. The van der Waals surface area contributed by atoms with E-state index in [0.717, 1.165) is 58.5 Å². The van der Waals surface area contributed by atoms with Crippen LogP contribution in [0.5, 0.6) is 0 Å². The number of nitrogens with zero attached hydrogens (tertiary/aromatic N) is 3. The van der Waals surface area contributed by atoms with E-state index in [-0.39, 0.29) is 0 Å². The lowest BCUT2D eigenvalue weighted by molar-refractivity contribution is -0.137. The highest BCUT2D eigenvalue weighted by Gasteiger charge is 2.17. The quantitative estimate of drug-likeness (QED) is 0.745. The lowest BCUT2D eigenvalue weighted by Gasteiger charge is -2.34. The monoisotopic (exact) mass is 311 g/mol. The molecule has 1 aliphatic rings. The third-order valence-corrected chi connectivity index (χ3v) is 4.91. The third kappa shape index (κ3) is 5.73. The summed E-state index contributed by atoms with van der Waals surface area (Å²) >= 11 is 1.76. The summed E-state index contributed by atoms with van der Waals surface area (Å²) in [7, 11) is 0. The fraction of sp³-hybridized carbons (Fsp3) is 0.733. The molecule has 1 saturated heterocycles. The van der Waals surface area contributed by atoms with Gasteiger partial charge in [0.15, 0.2) is 0 Å². The van der Waals surface area contributed by atoms with E-state index in [2.05, 4.69) is 27.1 Å². The summed E-state index contributed by atoms with van der Waals surface area (Å²) in [6.45, 7) is 8.46. The molecule has 0 spiro atoms. The average Bonchev–Trinajstić information content (AvgIpc) is 2.93. The molecule has 0 saturated carbocycles. The topological polar surface area (TPSA) is 56.7 Å². The van der Waals surface area contributed by atoms with Gasteiger partial charge in [0.1, 0.15) is 0 Å². The van der Waals surface area contributed by atoms with Crippen molar-refractivity contribution in [3.05, 3.63) is 16.1 Å². The highest BCUT2D eigenvalue weighted by Crippen LogP contribution is 2.13. The van der Waals surface area contributed by atoms with E-state index < -0.39 is 5.97 Å². The minimum Gasteiger partial charge on any atom is -0.481 e. The Morgan fingerprint density at radius 3 is 2.62 bits per heavy atom. The van der Waals surface area contributed by atoms with Crippen molar-refractivity contribution in [2.24, 2.45) is 0 Å². The zero-order valence-electron chi connectivity index (χ0n) is 12.8. The molecule has 1 N–H and O–H groups in total. The van der Waals surface area contributed by atoms with Gasteiger partial charge in [-0.05, 0) is 25.8 Å². The van der Waals surface area contributed by atoms with Gasteiger partial charge >= 0.3 is 5.97 Å². The second-order valence-electron chi connectivity index (χ2n) is 5.55. The molecule has 0 radical (unpaired) electrons. The van der Waals surface area contributed by atoms with Gasteiger partial charge in [-0.2, -0.15) is 0 Å². The maximum absolute atomic E-state index is 10.5. The first-order valence-corrected chi connectivity index (χ1v) is 8.65. The average molecular weight is 311 g/mol. The normalized spacial score (nSPS) is 17.2. The highest BCUT2D eigenvalue weighted by atomic mass is 32.1. The molecule has 1 fully saturated rings. The molecule has 1 aromatic heterocycles. The summed E-state index contributed by atoms with van der Waals surface area (Å²) in [4.78, 5) is 20.0. The van der Waals surface area contributed by atoms with Crippen LogP contribution in [0.15, 0.2) is 5.38 Å². The Bertz CT molecular complexity index is 442. The molecule has 0 bridgehead atoms. The van der Waals surface area contributed by atoms with Gasteiger partial charge in [-0.3, -0.25) is 9.69 Å². The predicted molar refractivity (Wildman–Crippen MR) is 84.7 cm³/mol. The molecular formula is C15H25N3O2S. The summed E-state index contributed by atoms with van der Waals surface area (Å²) in [5, 5.41) is 12.0. The van der Waals surface area contributed by atoms with E-state index in [1.54, 1.807) is 11.3 Å². The molecule has 21 heavy (non-hydrogen) atoms. The number of aryl methyl sites for hydroxylation is 1. The second kappa shape index (κ2) is 8.46. The SMILES string of the molecule is CCc1nc(CN2CCN(CCCCC(=O)O)CC2)cs1. The van der Waals surface area contributed by atoms with Crippen LogP contribution in [0.2, 0.25) is 0 Å². The number of unbranched alkanes of at least 4 members (excludes halogenated alkanes) is 1. The van der Waals surface area contributed by atoms with Crippen molar-refractivity contribution < 1.29 is 9.90 Å². The van der Waals surface area contributed by atoms with Gasteiger partial charge in [-0.25, -0.2) is 4.98 Å². The Labute approximate surface area is 130 Å². The van der Waals surface area contributed by atoms with E-state index in [0.29, 0.717) is 6.42 Å². The molecular weight excluding hydrogens is 286 g/mol. The van der Waals surface area contributed by atoms with Crippen LogP contribution in [0.4, 0.5) is 0 Å². The molecule has 5 nitrogen and oxygen atoms in total. The van der Waals surface area contributed by atoms with Crippen LogP contribution in [-0.2, 0) is 17.8 Å². The molecule has 1 aliphatic heterocycles. The number of carboxylic acid groups (broad SMARTS) is 1. The van der Waals surface area contributed by atoms with Crippen LogP contribution in [0.1, 0.15) is 36.9 Å². The summed E-state index contributed by atoms with van der Waals surface area (Å²) in [6, 6.07) is 0. The molecule has 1 aromatic rings. The summed E-state index contributed by atoms with van der Waals surface area (Å²) < 4.78 is 0. The van der Waals surface area contributed by atoms with Gasteiger partial charge < -0.3 is 10.0 Å². The van der Waals surface area contributed by atoms with Crippen molar-refractivity contribution in [3.63, 3.8) is 0 Å². The molecule has 0 unspecified atom stereocenters. The molecule has 2 heterocycles. The zero-order chi connectivity index (χ0) is 15.1. The molecule has 0 amide bonds. The smallest absolute Gasteiger partial charge is 0.303 e. The van der Waals surface area contributed by atoms with Crippen LogP contribution in [0.25, 0.3) is 0 Å². The van der Waals surface area contributed by atoms with Crippen molar-refractivity contribution in [2.75, 3.05) is 32.7 Å². The van der Waals surface area contributed by atoms with E-state index in [1.807, 2.05) is 0 Å². The predicted octanol–water partition coefficient (Wildman–Crippen LogP) is 2.08. The minimum atomic E-state index is -0.686. The standard InChI is InChI=1S/C15H25N3O2S/c1-2-14-16-13(12-21-14)11-18-9-7-17(8-10-18)6-4-3-5-15(19)20/h12H,2-11H2,1H3,(H,19,20). The van der Waals surface area contributed by atoms with Gasteiger partial charge in [0.2, 0.25) is 0 Å². The lowest BCUT2D eigenvalue weighted by Crippen LogP contribution is -2.46. The van der Waals surface area contributed by atoms with Crippen LogP contribution in [-0.4, -0.2) is 58.6 Å². The third-order valence-electron chi connectivity index (χ3n) is 3.87. The summed E-state index contributed by atoms with van der Waals surface area (Å²) in [5.74, 6) is -0.686. The second-order valence-corrected chi connectivity index (χ2v) is 6.50. The number of carboxylic acids is 1. The van der Waals surface area contributed by atoms with Gasteiger partial charge in [0.25, 0.3) is 0 Å². The molecule has 0 aliphatic carbocycles. The highest BCUT2D eigenvalue weighted by molar-refractivity contribution is 7.09. The van der Waals surface area contributed by atoms with Gasteiger partial charge in [0.05, 0.1) is 10.7 Å². The maximum Gasteiger partial charge on any atom is 0.303 e. The van der Waals surface area contributed by atoms with Crippen LogP contribution in [0.3, 0.4) is 0 Å². The first kappa shape index (κ1) is 16.4. The Morgan fingerprint density at radius 1 is 1.29 bits per heavy atom. The fourth-order valence-corrected chi connectivity index (χ4v) is 3.33. The zero-order valence-corrected chi connectivity index (χ0v) is 13.6. The molecule has 6 heteroatoms. The van der Waals surface area contributed by atoms with Crippen LogP contribution >= 0.6 is 11.3 Å². The Kier molecular flexibility index (Phi) is 6.60. The number of carbonyl (C=O) groups is 1. The van der Waals surface area contributed by atoms with Crippen LogP contribution < -0.4 is 0 Å². The van der Waals surface area contributed by atoms with Crippen molar-refractivity contribution in [3.8, 4) is 0 Å². The number of aliphatic carboxylic acids is 1. The summed E-state index contributed by atoms with van der Waals surface area (Å²) in [6.07, 6.45) is 3.09. The van der Waals surface area contributed by atoms with Gasteiger partial charge in [-0.15, -0.1) is 11.3 Å². The number of aromatic nitrogens is 1. The number of thiazole rings is 1. The van der Waals surface area contributed by atoms with Gasteiger partial charge in [0, 0.05) is 44.5 Å². The Balaban J connectivity index is 1.62. The van der Waals surface area contributed by atoms with Crippen molar-refractivity contribution in [2.45, 2.75) is 39.2 Å². The molecule has 0 aromatic carbocycles. The number of hydrogen-bond acceptors (Lipinski definition) is 5. The molecule has 0 atom stereocenters. The lowest BCUT2D eigenvalue weighted by atomic mass is 10.2. The van der Waals surface area contributed by atoms with Gasteiger partial charge in [-0.1, -0.05) is 6.92 Å². The van der Waals surface area contributed by atoms with E-state index in [1.165, 1.54) is 10.7 Å². The molecule has 118 valence electrons. The number of hydrogen-bond donors (Lipinski definition) is 1. The van der Waals surface area contributed by atoms with Crippen LogP contribution in [0, 0.1) is 0 Å². The minimum absolute atomic E-state index is 0.295. The van der Waals surface area contributed by atoms with Crippen molar-refractivity contribution in [1.82, 2.24) is 14.8 Å². The van der Waals surface area contributed by atoms with E-state index in [9.17, 15) is 4.79 Å². The Hall–Kier alpha value is -0.980. The first-order valence-electron chi connectivity index (χ1n) is 7.77. The fourth-order valence-electron chi connectivity index (χ4n) is 2.60. The number of piperazine rings is 1. The van der Waals surface area contributed by atoms with Crippen molar-refractivity contribution in [1.29, 1.82) is 0 Å². The Morgan fingerprint density at radius 2 is 2.00 bits per heavy atom. The molecule has 2 rings (SSSR count).